The molecule has 0 aromatic heterocycles. The Bertz CT molecular complexity index is 391. The zero-order chi connectivity index (χ0) is 18.0. The fraction of sp³-hybridized carbons (Fsp3) is 0.727. The summed E-state index contributed by atoms with van der Waals surface area (Å²) < 4.78 is 14.1. The average Bonchev–Trinajstić information content (AvgIpc) is 2.55. The normalized spacial score (nSPS) is 17.4. The molecule has 0 amide bonds. The molecule has 0 aliphatic heterocycles. The third-order valence-electron chi connectivity index (χ3n) is 5.52. The van der Waals surface area contributed by atoms with Crippen LogP contribution in [0.25, 0.3) is 0 Å². The fourth-order valence-electron chi connectivity index (χ4n) is 2.62. The first kappa shape index (κ1) is 22.1. The van der Waals surface area contributed by atoms with Crippen LogP contribution in [0.15, 0.2) is 36.2 Å². The van der Waals surface area contributed by atoms with Gasteiger partial charge in [-0.15, -0.1) is 0 Å². The van der Waals surface area contributed by atoms with Gasteiger partial charge in [0.1, 0.15) is 5.83 Å². The van der Waals surface area contributed by atoms with Crippen molar-refractivity contribution in [3.63, 3.8) is 0 Å². The lowest BCUT2D eigenvalue weighted by atomic mass is 9.83. The fourth-order valence-corrected chi connectivity index (χ4v) is 2.62. The molecule has 4 atom stereocenters. The minimum Gasteiger partial charge on any atom is -0.207 e. The lowest BCUT2D eigenvalue weighted by Gasteiger charge is -2.23. The number of hydrogen-bond acceptors (Lipinski definition) is 0. The van der Waals surface area contributed by atoms with Crippen molar-refractivity contribution < 1.29 is 4.39 Å². The van der Waals surface area contributed by atoms with Crippen LogP contribution >= 0.6 is 0 Å². The molecular weight excluding hydrogens is 283 g/mol. The van der Waals surface area contributed by atoms with Gasteiger partial charge in [-0.05, 0) is 54.6 Å². The van der Waals surface area contributed by atoms with Crippen molar-refractivity contribution >= 4 is 0 Å². The summed E-state index contributed by atoms with van der Waals surface area (Å²) in [6, 6.07) is 0. The Morgan fingerprint density at radius 2 is 1.43 bits per heavy atom. The minimum absolute atomic E-state index is 0.193. The molecule has 0 radical (unpaired) electrons. The van der Waals surface area contributed by atoms with Gasteiger partial charge in [-0.3, -0.25) is 0 Å². The molecule has 0 rings (SSSR count). The second-order valence-corrected chi connectivity index (χ2v) is 7.55. The maximum atomic E-state index is 14.1. The van der Waals surface area contributed by atoms with Crippen LogP contribution in [0.4, 0.5) is 4.39 Å². The van der Waals surface area contributed by atoms with Crippen LogP contribution in [0.5, 0.6) is 0 Å². The van der Waals surface area contributed by atoms with Gasteiger partial charge in [-0.2, -0.15) is 0 Å². The molecule has 0 aliphatic carbocycles. The largest absolute Gasteiger partial charge is 0.207 e. The summed E-state index contributed by atoms with van der Waals surface area (Å²) in [5, 5.41) is 0. The van der Waals surface area contributed by atoms with Crippen LogP contribution in [0.3, 0.4) is 0 Å². The molecule has 0 aromatic rings. The highest BCUT2D eigenvalue weighted by Gasteiger charge is 2.17. The van der Waals surface area contributed by atoms with E-state index in [-0.39, 0.29) is 11.7 Å². The monoisotopic (exact) mass is 322 g/mol. The van der Waals surface area contributed by atoms with Crippen molar-refractivity contribution in [1.29, 1.82) is 0 Å². The summed E-state index contributed by atoms with van der Waals surface area (Å²) in [6.45, 7) is 21.2. The van der Waals surface area contributed by atoms with Crippen LogP contribution in [-0.2, 0) is 0 Å². The van der Waals surface area contributed by atoms with Gasteiger partial charge in [0.2, 0.25) is 0 Å². The van der Waals surface area contributed by atoms with Crippen LogP contribution in [0, 0.1) is 23.7 Å². The lowest BCUT2D eigenvalue weighted by molar-refractivity contribution is 0.300. The Morgan fingerprint density at radius 1 is 0.913 bits per heavy atom. The van der Waals surface area contributed by atoms with E-state index in [1.807, 2.05) is 6.92 Å². The molecule has 4 unspecified atom stereocenters. The first-order chi connectivity index (χ1) is 10.7. The van der Waals surface area contributed by atoms with E-state index in [0.29, 0.717) is 11.5 Å². The SMILES string of the molecule is C=C(/C=C(/F)C(=C)C(C)CCC(C)C(C)CCC(C)CC)CC. The Kier molecular flexibility index (Phi) is 11.2. The van der Waals surface area contributed by atoms with E-state index < -0.39 is 0 Å². The van der Waals surface area contributed by atoms with Gasteiger partial charge < -0.3 is 0 Å². The molecule has 0 nitrogen and oxygen atoms in total. The number of allylic oxidation sites excluding steroid dienone is 4. The van der Waals surface area contributed by atoms with Crippen LogP contribution < -0.4 is 0 Å². The number of rotatable bonds is 12. The van der Waals surface area contributed by atoms with Crippen molar-refractivity contribution in [3.8, 4) is 0 Å². The first-order valence-corrected chi connectivity index (χ1v) is 9.46. The highest BCUT2D eigenvalue weighted by molar-refractivity contribution is 5.30. The van der Waals surface area contributed by atoms with Gasteiger partial charge >= 0.3 is 0 Å². The third-order valence-corrected chi connectivity index (χ3v) is 5.52. The van der Waals surface area contributed by atoms with Crippen LogP contribution in [0.2, 0.25) is 0 Å². The maximum absolute atomic E-state index is 14.1. The van der Waals surface area contributed by atoms with Crippen LogP contribution in [0.1, 0.15) is 80.1 Å². The van der Waals surface area contributed by atoms with E-state index in [1.165, 1.54) is 25.3 Å². The maximum Gasteiger partial charge on any atom is 0.126 e. The summed E-state index contributed by atoms with van der Waals surface area (Å²) in [7, 11) is 0. The van der Waals surface area contributed by atoms with E-state index in [1.54, 1.807) is 0 Å². The van der Waals surface area contributed by atoms with E-state index in [4.69, 9.17) is 0 Å². The van der Waals surface area contributed by atoms with Crippen molar-refractivity contribution in [2.24, 2.45) is 23.7 Å². The molecule has 0 saturated heterocycles. The molecule has 0 aromatic carbocycles. The van der Waals surface area contributed by atoms with E-state index in [9.17, 15) is 4.39 Å². The van der Waals surface area contributed by atoms with Gasteiger partial charge in [-0.1, -0.05) is 79.5 Å². The van der Waals surface area contributed by atoms with E-state index in [0.717, 1.165) is 36.7 Å². The second-order valence-electron chi connectivity index (χ2n) is 7.55. The Morgan fingerprint density at radius 3 is 1.91 bits per heavy atom. The number of hydrogen-bond donors (Lipinski definition) is 0. The van der Waals surface area contributed by atoms with E-state index in [2.05, 4.69) is 47.8 Å². The molecule has 0 bridgehead atoms. The van der Waals surface area contributed by atoms with Gasteiger partial charge in [-0.25, -0.2) is 4.39 Å². The Hall–Kier alpha value is -0.850. The highest BCUT2D eigenvalue weighted by Crippen LogP contribution is 2.29. The average molecular weight is 323 g/mol. The molecule has 0 aliphatic rings. The van der Waals surface area contributed by atoms with Gasteiger partial charge in [0.25, 0.3) is 0 Å². The zero-order valence-corrected chi connectivity index (χ0v) is 16.4. The standard InChI is InChI=1S/C22H39F/c1-9-16(3)11-12-18(5)19(6)13-14-20(7)21(8)22(23)15-17(4)10-2/h15-16,18-20H,4,8-14H2,1-3,5-7H3/b22-15+. The second kappa shape index (κ2) is 11.6. The predicted octanol–water partition coefficient (Wildman–Crippen LogP) is 7.88. The molecule has 0 saturated carbocycles. The topological polar surface area (TPSA) is 0 Å². The smallest absolute Gasteiger partial charge is 0.126 e. The lowest BCUT2D eigenvalue weighted by Crippen LogP contribution is -2.11. The first-order valence-electron chi connectivity index (χ1n) is 9.46. The summed E-state index contributed by atoms with van der Waals surface area (Å²) in [5.74, 6) is 2.26. The molecule has 23 heavy (non-hydrogen) atoms. The Balaban J connectivity index is 4.30. The Labute approximate surface area is 144 Å². The number of halogens is 1. The highest BCUT2D eigenvalue weighted by atomic mass is 19.1. The molecule has 0 spiro atoms. The molecular formula is C22H39F. The molecule has 134 valence electrons. The summed E-state index contributed by atoms with van der Waals surface area (Å²) in [5.41, 5.74) is 1.45. The van der Waals surface area contributed by atoms with Crippen molar-refractivity contribution in [1.82, 2.24) is 0 Å². The van der Waals surface area contributed by atoms with E-state index >= 15 is 0 Å². The van der Waals surface area contributed by atoms with Gasteiger partial charge in [0.15, 0.2) is 0 Å². The van der Waals surface area contributed by atoms with Crippen molar-refractivity contribution in [2.75, 3.05) is 0 Å². The quantitative estimate of drug-likeness (QED) is 0.320. The minimum atomic E-state index is -0.193. The molecule has 1 heteroatoms. The molecule has 0 heterocycles. The van der Waals surface area contributed by atoms with Gasteiger partial charge in [0, 0.05) is 0 Å². The van der Waals surface area contributed by atoms with Crippen LogP contribution in [-0.4, -0.2) is 0 Å². The zero-order valence-electron chi connectivity index (χ0n) is 16.4. The summed E-state index contributed by atoms with van der Waals surface area (Å²) in [6.07, 6.45) is 8.36. The summed E-state index contributed by atoms with van der Waals surface area (Å²) >= 11 is 0. The van der Waals surface area contributed by atoms with Gasteiger partial charge in [0.05, 0.1) is 0 Å². The van der Waals surface area contributed by atoms with Crippen molar-refractivity contribution in [2.45, 2.75) is 80.1 Å². The predicted molar refractivity (Wildman–Crippen MR) is 103 cm³/mol. The molecule has 0 N–H and O–H groups in total. The third kappa shape index (κ3) is 9.13. The molecule has 0 fully saturated rings. The van der Waals surface area contributed by atoms with Crippen molar-refractivity contribution in [3.05, 3.63) is 36.2 Å². The summed E-state index contributed by atoms with van der Waals surface area (Å²) in [4.78, 5) is 0.